The van der Waals surface area contributed by atoms with Crippen molar-refractivity contribution in [2.45, 2.75) is 51.2 Å². The van der Waals surface area contributed by atoms with E-state index in [4.69, 9.17) is 16.6 Å². The molecule has 2 aromatic carbocycles. The third-order valence-corrected chi connectivity index (χ3v) is 12.3. The minimum Gasteiger partial charge on any atom is -0.388 e. The Morgan fingerprint density at radius 1 is 0.944 bits per heavy atom. The van der Waals surface area contributed by atoms with Crippen molar-refractivity contribution in [3.05, 3.63) is 129 Å². The van der Waals surface area contributed by atoms with Crippen LogP contribution in [0.1, 0.15) is 51.8 Å². The van der Waals surface area contributed by atoms with Crippen LogP contribution in [0.25, 0.3) is 27.3 Å². The minimum absolute atomic E-state index is 0.0323. The van der Waals surface area contributed by atoms with E-state index >= 15 is 0 Å². The minimum atomic E-state index is -1.18. The van der Waals surface area contributed by atoms with Crippen molar-refractivity contribution in [1.82, 2.24) is 33.9 Å². The van der Waals surface area contributed by atoms with Gasteiger partial charge in [0.2, 0.25) is 5.91 Å². The van der Waals surface area contributed by atoms with Gasteiger partial charge in [0.05, 0.1) is 23.2 Å². The fourth-order valence-electron chi connectivity index (χ4n) is 7.76. The van der Waals surface area contributed by atoms with E-state index in [-0.39, 0.29) is 35.8 Å². The number of fused-ring (bicyclic) bond motifs is 1. The smallest absolute Gasteiger partial charge is 0.265 e. The lowest BCUT2D eigenvalue weighted by atomic mass is 9.79. The second-order valence-corrected chi connectivity index (χ2v) is 15.8. The van der Waals surface area contributed by atoms with Gasteiger partial charge in [-0.15, -0.1) is 11.3 Å². The van der Waals surface area contributed by atoms with Crippen molar-refractivity contribution in [3.8, 4) is 16.3 Å². The molecule has 1 N–H and O–H groups in total. The van der Waals surface area contributed by atoms with Gasteiger partial charge < -0.3 is 19.5 Å². The molecule has 4 aromatic heterocycles. The Hall–Kier alpha value is -5.17. The molecule has 0 bridgehead atoms. The zero-order valence-electron chi connectivity index (χ0n) is 30.1. The SMILES string of the molecule is Cc1ccc(-c2nc(C)c(C(=O)N3CC[C@@H](C(=O)N4CCC(O)(Cn5cnc6c(ccn6-c6ccc(Cl)cc6)c5=O)CC4)[C@H](c4ccccc4)C3)s2)cn1. The molecule has 0 radical (unpaired) electrons. The van der Waals surface area contributed by atoms with Crippen molar-refractivity contribution >= 4 is 45.8 Å². The van der Waals surface area contributed by atoms with Gasteiger partial charge in [-0.1, -0.05) is 41.9 Å². The molecule has 13 heteroatoms. The van der Waals surface area contributed by atoms with Gasteiger partial charge in [-0.2, -0.15) is 0 Å². The fourth-order valence-corrected chi connectivity index (χ4v) is 8.91. The standard InChI is InChI=1S/C41H40ClN7O4S/c1-26-8-9-29(22-43-26)37-45-27(2)35(54-37)40(52)47-18-14-32(34(23-47)28-6-4-3-5-7-28)38(50)46-20-16-41(53,17-21-46)24-48-25-44-36-33(39(48)51)15-19-49(36)31-12-10-30(42)11-13-31/h3-13,15,19,22,25,32,34,53H,14,16-18,20-21,23-24H2,1-2H3/t32-,34+/m1/s1. The summed E-state index contributed by atoms with van der Waals surface area (Å²) in [6, 6.07) is 22.9. The van der Waals surface area contributed by atoms with Gasteiger partial charge in [0, 0.05) is 72.4 Å². The zero-order chi connectivity index (χ0) is 37.6. The molecule has 2 aliphatic heterocycles. The molecule has 11 nitrogen and oxygen atoms in total. The Morgan fingerprint density at radius 2 is 1.70 bits per heavy atom. The topological polar surface area (TPSA) is 126 Å². The molecule has 6 aromatic rings. The van der Waals surface area contributed by atoms with E-state index in [0.29, 0.717) is 72.1 Å². The quantitative estimate of drug-likeness (QED) is 0.203. The third kappa shape index (κ3) is 6.97. The van der Waals surface area contributed by atoms with Crippen LogP contribution in [-0.4, -0.2) is 82.6 Å². The number of benzene rings is 2. The molecule has 8 rings (SSSR count). The van der Waals surface area contributed by atoms with Gasteiger partial charge in [0.1, 0.15) is 16.2 Å². The zero-order valence-corrected chi connectivity index (χ0v) is 31.6. The highest BCUT2D eigenvalue weighted by Gasteiger charge is 2.42. The molecular weight excluding hydrogens is 722 g/mol. The lowest BCUT2D eigenvalue weighted by Crippen LogP contribution is -2.53. The normalized spacial score (nSPS) is 18.6. The van der Waals surface area contributed by atoms with Gasteiger partial charge in [0.15, 0.2) is 5.65 Å². The molecule has 2 amide bonds. The number of carbonyl (C=O) groups is 2. The predicted octanol–water partition coefficient (Wildman–Crippen LogP) is 6.28. The number of aliphatic hydroxyl groups is 1. The van der Waals surface area contributed by atoms with E-state index in [1.54, 1.807) is 30.6 Å². The summed E-state index contributed by atoms with van der Waals surface area (Å²) in [5.41, 5.74) is 3.44. The largest absolute Gasteiger partial charge is 0.388 e. The fraction of sp³-hybridized carbons (Fsp3) is 0.317. The van der Waals surface area contributed by atoms with Gasteiger partial charge in [0.25, 0.3) is 11.5 Å². The summed E-state index contributed by atoms with van der Waals surface area (Å²) < 4.78 is 3.30. The summed E-state index contributed by atoms with van der Waals surface area (Å²) in [7, 11) is 0. The number of nitrogens with zero attached hydrogens (tertiary/aromatic N) is 7. The molecule has 0 saturated carbocycles. The molecule has 54 heavy (non-hydrogen) atoms. The second kappa shape index (κ2) is 14.6. The number of likely N-dealkylation sites (tertiary alicyclic amines) is 2. The molecule has 2 atom stereocenters. The average molecular weight is 762 g/mol. The van der Waals surface area contributed by atoms with Crippen molar-refractivity contribution in [3.63, 3.8) is 0 Å². The van der Waals surface area contributed by atoms with Gasteiger partial charge in [-0.25, -0.2) is 9.97 Å². The Labute approximate surface area is 321 Å². The molecule has 2 aliphatic rings. The van der Waals surface area contributed by atoms with Crippen molar-refractivity contribution < 1.29 is 14.7 Å². The molecule has 6 heterocycles. The first kappa shape index (κ1) is 35.8. The number of thiazole rings is 1. The lowest BCUT2D eigenvalue weighted by Gasteiger charge is -2.43. The van der Waals surface area contributed by atoms with Crippen LogP contribution in [-0.2, 0) is 11.3 Å². The van der Waals surface area contributed by atoms with Gasteiger partial charge in [-0.3, -0.25) is 23.9 Å². The highest BCUT2D eigenvalue weighted by atomic mass is 35.5. The van der Waals surface area contributed by atoms with Gasteiger partial charge >= 0.3 is 0 Å². The number of aromatic nitrogens is 5. The molecule has 2 saturated heterocycles. The molecular formula is C41H40ClN7O4S. The first-order chi connectivity index (χ1) is 26.1. The maximum absolute atomic E-state index is 14.3. The first-order valence-corrected chi connectivity index (χ1v) is 19.3. The summed E-state index contributed by atoms with van der Waals surface area (Å²) in [6.45, 7) is 5.47. The molecule has 276 valence electrons. The Kier molecular flexibility index (Phi) is 9.67. The summed E-state index contributed by atoms with van der Waals surface area (Å²) >= 11 is 7.44. The maximum atomic E-state index is 14.3. The lowest BCUT2D eigenvalue weighted by molar-refractivity contribution is -0.142. The summed E-state index contributed by atoms with van der Waals surface area (Å²) in [5, 5.41) is 13.5. The number of rotatable bonds is 7. The van der Waals surface area contributed by atoms with Crippen LogP contribution >= 0.6 is 22.9 Å². The molecule has 0 spiro atoms. The van der Waals surface area contributed by atoms with Crippen molar-refractivity contribution in [1.29, 1.82) is 0 Å². The van der Waals surface area contributed by atoms with Crippen LogP contribution in [0.15, 0.2) is 96.3 Å². The third-order valence-electron chi connectivity index (χ3n) is 10.8. The number of piperidine rings is 2. The number of aryl methyl sites for hydroxylation is 2. The van der Waals surface area contributed by atoms with Gasteiger partial charge in [-0.05, 0) is 81.1 Å². The van der Waals surface area contributed by atoms with Crippen LogP contribution in [0.2, 0.25) is 5.02 Å². The summed E-state index contributed by atoms with van der Waals surface area (Å²) in [6.07, 6.45) is 6.24. The van der Waals surface area contributed by atoms with E-state index in [2.05, 4.69) is 9.97 Å². The number of halogens is 1. The Balaban J connectivity index is 0.951. The second-order valence-electron chi connectivity index (χ2n) is 14.4. The van der Waals surface area contributed by atoms with Crippen molar-refractivity contribution in [2.75, 3.05) is 26.2 Å². The van der Waals surface area contributed by atoms with E-state index in [0.717, 1.165) is 27.5 Å². The van der Waals surface area contributed by atoms with E-state index < -0.39 is 5.60 Å². The number of carbonyl (C=O) groups excluding carboxylic acids is 2. The highest BCUT2D eigenvalue weighted by molar-refractivity contribution is 7.17. The van der Waals surface area contributed by atoms with E-state index in [1.165, 1.54) is 22.2 Å². The van der Waals surface area contributed by atoms with Crippen molar-refractivity contribution in [2.24, 2.45) is 5.92 Å². The molecule has 0 aliphatic carbocycles. The number of pyridine rings is 1. The Morgan fingerprint density at radius 3 is 2.43 bits per heavy atom. The highest BCUT2D eigenvalue weighted by Crippen LogP contribution is 2.37. The monoisotopic (exact) mass is 761 g/mol. The predicted molar refractivity (Wildman–Crippen MR) is 209 cm³/mol. The number of hydrogen-bond acceptors (Lipinski definition) is 8. The number of hydrogen-bond donors (Lipinski definition) is 1. The van der Waals surface area contributed by atoms with Crippen LogP contribution in [0.4, 0.5) is 0 Å². The molecule has 2 fully saturated rings. The molecule has 0 unspecified atom stereocenters. The first-order valence-electron chi connectivity index (χ1n) is 18.2. The van der Waals surface area contributed by atoms with Crippen LogP contribution in [0.5, 0.6) is 0 Å². The summed E-state index contributed by atoms with van der Waals surface area (Å²) in [5.74, 6) is -0.554. The van der Waals surface area contributed by atoms with Crippen LogP contribution < -0.4 is 5.56 Å². The summed E-state index contributed by atoms with van der Waals surface area (Å²) in [4.78, 5) is 59.8. The van der Waals surface area contributed by atoms with Crippen LogP contribution in [0.3, 0.4) is 0 Å². The Bertz CT molecular complexity index is 2380. The maximum Gasteiger partial charge on any atom is 0.265 e. The average Bonchev–Trinajstić information content (AvgIpc) is 3.80. The van der Waals surface area contributed by atoms with Crippen LogP contribution in [0, 0.1) is 19.8 Å². The van der Waals surface area contributed by atoms with E-state index in [9.17, 15) is 19.5 Å². The van der Waals surface area contributed by atoms with E-state index in [1.807, 2.05) is 82.8 Å². The number of amides is 2.